The molecule has 0 bridgehead atoms. The molecule has 0 aliphatic heterocycles. The van der Waals surface area contributed by atoms with Crippen LogP contribution in [0.5, 0.6) is 0 Å². The number of carbonyl (C=O) groups excluding carboxylic acids is 1. The van der Waals surface area contributed by atoms with E-state index in [0.717, 1.165) is 11.1 Å². The Hall–Kier alpha value is -3.48. The number of rotatable bonds is 4. The Bertz CT molecular complexity index is 1400. The van der Waals surface area contributed by atoms with Crippen molar-refractivity contribution in [2.24, 2.45) is 0 Å². The fourth-order valence-corrected chi connectivity index (χ4v) is 4.10. The quantitative estimate of drug-likeness (QED) is 0.260. The molecule has 1 amide bonds. The normalized spacial score (nSPS) is 10.9. The third kappa shape index (κ3) is 4.28. The van der Waals surface area contributed by atoms with E-state index in [0.29, 0.717) is 43.5 Å². The number of amides is 1. The van der Waals surface area contributed by atoms with Crippen molar-refractivity contribution < 1.29 is 9.72 Å². The largest absolute Gasteiger partial charge is 0.322 e. The Morgan fingerprint density at radius 3 is 2.53 bits per heavy atom. The highest BCUT2D eigenvalue weighted by Gasteiger charge is 2.18. The summed E-state index contributed by atoms with van der Waals surface area (Å²) in [5, 5.41) is 15.4. The molecule has 0 unspecified atom stereocenters. The van der Waals surface area contributed by atoms with Crippen LogP contribution in [0.25, 0.3) is 22.2 Å². The number of nitrogens with one attached hydrogen (secondary N) is 1. The van der Waals surface area contributed by atoms with Gasteiger partial charge in [0, 0.05) is 33.8 Å². The lowest BCUT2D eigenvalue weighted by Crippen LogP contribution is -2.13. The van der Waals surface area contributed by atoms with E-state index >= 15 is 0 Å². The summed E-state index contributed by atoms with van der Waals surface area (Å²) in [5.41, 5.74) is 4.33. The Balaban J connectivity index is 1.87. The van der Waals surface area contributed by atoms with Crippen molar-refractivity contribution in [2.45, 2.75) is 13.8 Å². The number of non-ortho nitro benzene ring substituents is 1. The minimum atomic E-state index is -0.509. The van der Waals surface area contributed by atoms with Gasteiger partial charge < -0.3 is 5.32 Å². The predicted molar refractivity (Wildman–Crippen MR) is 128 cm³/mol. The molecule has 0 spiro atoms. The summed E-state index contributed by atoms with van der Waals surface area (Å²) in [6.45, 7) is 3.87. The molecule has 0 aliphatic rings. The average molecular weight is 466 g/mol. The molecule has 3 aromatic carbocycles. The minimum Gasteiger partial charge on any atom is -0.322 e. The maximum atomic E-state index is 13.3. The molecule has 8 heteroatoms. The number of hydrogen-bond acceptors (Lipinski definition) is 4. The molecule has 0 radical (unpaired) electrons. The van der Waals surface area contributed by atoms with Crippen LogP contribution in [0, 0.1) is 24.0 Å². The molecule has 1 heterocycles. The molecule has 0 atom stereocenters. The maximum absolute atomic E-state index is 13.3. The first-order valence-electron chi connectivity index (χ1n) is 9.66. The molecule has 0 saturated carbocycles. The monoisotopic (exact) mass is 465 g/mol. The lowest BCUT2D eigenvalue weighted by molar-refractivity contribution is -0.384. The van der Waals surface area contributed by atoms with Gasteiger partial charge >= 0.3 is 0 Å². The van der Waals surface area contributed by atoms with Crippen molar-refractivity contribution in [3.05, 3.63) is 97.5 Å². The van der Waals surface area contributed by atoms with Gasteiger partial charge in [-0.2, -0.15) is 0 Å². The summed E-state index contributed by atoms with van der Waals surface area (Å²) >= 11 is 12.4. The highest BCUT2D eigenvalue weighted by molar-refractivity contribution is 6.36. The van der Waals surface area contributed by atoms with Gasteiger partial charge in [-0.15, -0.1) is 0 Å². The fourth-order valence-electron chi connectivity index (χ4n) is 3.60. The third-order valence-corrected chi connectivity index (χ3v) is 5.56. The lowest BCUT2D eigenvalue weighted by Gasteiger charge is -2.14. The Labute approximate surface area is 194 Å². The van der Waals surface area contributed by atoms with E-state index in [1.165, 1.54) is 18.2 Å². The van der Waals surface area contributed by atoms with Crippen LogP contribution >= 0.6 is 23.2 Å². The number of benzene rings is 3. The second kappa shape index (κ2) is 8.57. The van der Waals surface area contributed by atoms with Crippen LogP contribution in [-0.2, 0) is 0 Å². The van der Waals surface area contributed by atoms with E-state index in [9.17, 15) is 14.9 Å². The zero-order chi connectivity index (χ0) is 23.0. The maximum Gasteiger partial charge on any atom is 0.271 e. The van der Waals surface area contributed by atoms with Crippen LogP contribution in [0.15, 0.2) is 60.7 Å². The number of carbonyl (C=O) groups is 1. The zero-order valence-electron chi connectivity index (χ0n) is 17.1. The van der Waals surface area contributed by atoms with Crippen LogP contribution < -0.4 is 5.32 Å². The number of fused-ring (bicyclic) bond motifs is 1. The van der Waals surface area contributed by atoms with E-state index in [4.69, 9.17) is 28.2 Å². The first kappa shape index (κ1) is 21.7. The number of nitro benzene ring substituents is 1. The van der Waals surface area contributed by atoms with E-state index < -0.39 is 10.8 Å². The average Bonchev–Trinajstić information content (AvgIpc) is 2.73. The van der Waals surface area contributed by atoms with Gasteiger partial charge in [-0.05, 0) is 55.8 Å². The van der Waals surface area contributed by atoms with E-state index in [2.05, 4.69) is 5.32 Å². The Morgan fingerprint density at radius 1 is 1.03 bits per heavy atom. The summed E-state index contributed by atoms with van der Waals surface area (Å²) in [7, 11) is 0. The number of aromatic nitrogens is 1. The van der Waals surface area contributed by atoms with Crippen LogP contribution in [0.1, 0.15) is 21.5 Å². The molecular formula is C24H17Cl2N3O3. The summed E-state index contributed by atoms with van der Waals surface area (Å²) in [6.07, 6.45) is 0. The van der Waals surface area contributed by atoms with Crippen molar-refractivity contribution in [1.82, 2.24) is 4.98 Å². The topological polar surface area (TPSA) is 85.1 Å². The highest BCUT2D eigenvalue weighted by atomic mass is 35.5. The van der Waals surface area contributed by atoms with Crippen molar-refractivity contribution in [2.75, 3.05) is 5.32 Å². The highest BCUT2D eigenvalue weighted by Crippen LogP contribution is 2.33. The number of halogens is 2. The van der Waals surface area contributed by atoms with Crippen LogP contribution in [0.4, 0.5) is 11.4 Å². The van der Waals surface area contributed by atoms with Crippen LogP contribution in [-0.4, -0.2) is 15.8 Å². The molecule has 0 fully saturated rings. The van der Waals surface area contributed by atoms with Crippen LogP contribution in [0.3, 0.4) is 0 Å². The van der Waals surface area contributed by atoms with Gasteiger partial charge in [0.1, 0.15) is 0 Å². The third-order valence-electron chi connectivity index (χ3n) is 5.01. The number of nitrogens with zero attached hydrogens (tertiary/aromatic N) is 2. The summed E-state index contributed by atoms with van der Waals surface area (Å²) in [6, 6.07) is 16.4. The second-order valence-corrected chi connectivity index (χ2v) is 8.26. The van der Waals surface area contributed by atoms with Crippen molar-refractivity contribution in [1.29, 1.82) is 0 Å². The van der Waals surface area contributed by atoms with E-state index in [-0.39, 0.29) is 5.69 Å². The first-order valence-corrected chi connectivity index (χ1v) is 10.4. The van der Waals surface area contributed by atoms with Gasteiger partial charge in [0.05, 0.1) is 26.7 Å². The van der Waals surface area contributed by atoms with E-state index in [1.54, 1.807) is 30.3 Å². The Morgan fingerprint density at radius 2 is 1.81 bits per heavy atom. The van der Waals surface area contributed by atoms with Gasteiger partial charge in [-0.25, -0.2) is 4.98 Å². The fraction of sp³-hybridized carbons (Fsp3) is 0.0833. The van der Waals surface area contributed by atoms with Crippen molar-refractivity contribution in [3.63, 3.8) is 0 Å². The van der Waals surface area contributed by atoms with Gasteiger partial charge in [-0.3, -0.25) is 14.9 Å². The molecule has 4 rings (SSSR count). The molecule has 0 aliphatic carbocycles. The summed E-state index contributed by atoms with van der Waals surface area (Å²) < 4.78 is 0. The predicted octanol–water partition coefficient (Wildman–Crippen LogP) is 6.99. The number of aryl methyl sites for hydroxylation is 2. The van der Waals surface area contributed by atoms with E-state index in [1.807, 2.05) is 26.0 Å². The van der Waals surface area contributed by atoms with Crippen molar-refractivity contribution >= 4 is 51.4 Å². The standard InChI is InChI=1S/C24H17Cl2N3O3/c1-13-8-14(2)23-19(9-13)20(12-22(28-23)18-7-6-15(25)10-21(18)26)24(30)27-16-4-3-5-17(11-16)29(31)32/h3-12H,1-2H3,(H,27,30). The molecule has 4 aromatic rings. The zero-order valence-corrected chi connectivity index (χ0v) is 18.7. The van der Waals surface area contributed by atoms with Crippen LogP contribution in [0.2, 0.25) is 10.0 Å². The smallest absolute Gasteiger partial charge is 0.271 e. The van der Waals surface area contributed by atoms with Gasteiger partial charge in [0.15, 0.2) is 0 Å². The number of pyridine rings is 1. The SMILES string of the molecule is Cc1cc(C)c2nc(-c3ccc(Cl)cc3Cl)cc(C(=O)Nc3cccc([N+](=O)[O-])c3)c2c1. The Kier molecular flexibility index (Phi) is 5.82. The van der Waals surface area contributed by atoms with Gasteiger partial charge in [0.2, 0.25) is 0 Å². The molecule has 6 nitrogen and oxygen atoms in total. The molecule has 160 valence electrons. The van der Waals surface area contributed by atoms with Crippen molar-refractivity contribution in [3.8, 4) is 11.3 Å². The lowest BCUT2D eigenvalue weighted by atomic mass is 9.99. The number of hydrogen-bond donors (Lipinski definition) is 1. The minimum absolute atomic E-state index is 0.109. The second-order valence-electron chi connectivity index (χ2n) is 7.42. The van der Waals surface area contributed by atoms with Gasteiger partial charge in [-0.1, -0.05) is 40.9 Å². The van der Waals surface area contributed by atoms with Gasteiger partial charge in [0.25, 0.3) is 11.6 Å². The molecule has 1 N–H and O–H groups in total. The number of anilines is 1. The number of nitro groups is 1. The summed E-state index contributed by atoms with van der Waals surface area (Å²) in [4.78, 5) is 28.6. The molecule has 0 saturated heterocycles. The molecule has 32 heavy (non-hydrogen) atoms. The summed E-state index contributed by atoms with van der Waals surface area (Å²) in [5.74, 6) is -0.408. The molecule has 1 aromatic heterocycles. The molecular weight excluding hydrogens is 449 g/mol. The first-order chi connectivity index (χ1) is 15.2.